The van der Waals surface area contributed by atoms with E-state index in [1.54, 1.807) is 55.5 Å². The zero-order chi connectivity index (χ0) is 24.1. The Balaban J connectivity index is 1.66. The number of rotatable bonds is 7. The van der Waals surface area contributed by atoms with Crippen LogP contribution in [0.15, 0.2) is 72.8 Å². The third-order valence-corrected chi connectivity index (χ3v) is 6.14. The van der Waals surface area contributed by atoms with Gasteiger partial charge in [-0.25, -0.2) is 4.39 Å². The van der Waals surface area contributed by atoms with E-state index < -0.39 is 12.0 Å². The number of piperidine rings is 1. The molecule has 7 heteroatoms. The molecule has 1 N–H and O–H groups in total. The molecule has 0 spiro atoms. The number of nitrogens with one attached hydrogen (secondary N) is 1. The van der Waals surface area contributed by atoms with Crippen molar-refractivity contribution in [2.75, 3.05) is 19.1 Å². The number of benzene rings is 3. The predicted octanol–water partition coefficient (Wildman–Crippen LogP) is 4.64. The summed E-state index contributed by atoms with van der Waals surface area (Å²) >= 11 is 0. The van der Waals surface area contributed by atoms with Crippen molar-refractivity contribution >= 4 is 17.5 Å². The topological polar surface area (TPSA) is 67.9 Å². The molecule has 3 aromatic rings. The maximum atomic E-state index is 13.7. The SMILES string of the molecule is COc1ccc(N2C(=O)CC[C@@H](C(=O)NCc3ccccc3OC)[C@H]2c2ccc(F)cc2)cc1. The molecule has 1 heterocycles. The summed E-state index contributed by atoms with van der Waals surface area (Å²) in [5, 5.41) is 3.01. The van der Waals surface area contributed by atoms with E-state index in [-0.39, 0.29) is 24.1 Å². The minimum absolute atomic E-state index is 0.0896. The molecular weight excluding hydrogens is 435 g/mol. The normalized spacial score (nSPS) is 17.9. The number of nitrogens with zero attached hydrogens (tertiary/aromatic N) is 1. The van der Waals surface area contributed by atoms with Crippen LogP contribution in [0.4, 0.5) is 10.1 Å². The van der Waals surface area contributed by atoms with Crippen molar-refractivity contribution in [3.8, 4) is 11.5 Å². The molecule has 1 aliphatic heterocycles. The van der Waals surface area contributed by atoms with E-state index in [0.29, 0.717) is 35.7 Å². The van der Waals surface area contributed by atoms with Crippen LogP contribution in [0.5, 0.6) is 11.5 Å². The first-order valence-corrected chi connectivity index (χ1v) is 11.1. The molecule has 2 amide bonds. The minimum atomic E-state index is -0.576. The van der Waals surface area contributed by atoms with Crippen molar-refractivity contribution in [2.45, 2.75) is 25.4 Å². The van der Waals surface area contributed by atoms with E-state index in [1.807, 2.05) is 24.3 Å². The highest BCUT2D eigenvalue weighted by molar-refractivity contribution is 5.97. The Morgan fingerprint density at radius 3 is 2.38 bits per heavy atom. The molecule has 1 saturated heterocycles. The lowest BCUT2D eigenvalue weighted by atomic mass is 9.83. The van der Waals surface area contributed by atoms with Gasteiger partial charge in [-0.05, 0) is 54.4 Å². The molecular formula is C27H27FN2O4. The molecule has 0 unspecified atom stereocenters. The van der Waals surface area contributed by atoms with Crippen LogP contribution in [0, 0.1) is 11.7 Å². The smallest absolute Gasteiger partial charge is 0.227 e. The minimum Gasteiger partial charge on any atom is -0.497 e. The monoisotopic (exact) mass is 462 g/mol. The van der Waals surface area contributed by atoms with E-state index in [2.05, 4.69) is 5.32 Å². The van der Waals surface area contributed by atoms with Crippen LogP contribution in [-0.2, 0) is 16.1 Å². The van der Waals surface area contributed by atoms with Gasteiger partial charge >= 0.3 is 0 Å². The third kappa shape index (κ3) is 4.88. The summed E-state index contributed by atoms with van der Waals surface area (Å²) in [6.45, 7) is 0.298. The second-order valence-electron chi connectivity index (χ2n) is 8.13. The van der Waals surface area contributed by atoms with E-state index in [0.717, 1.165) is 5.56 Å². The number of hydrogen-bond donors (Lipinski definition) is 1. The molecule has 2 atom stereocenters. The number of halogens is 1. The quantitative estimate of drug-likeness (QED) is 0.555. The summed E-state index contributed by atoms with van der Waals surface area (Å²) in [5.74, 6) is 0.202. The number of para-hydroxylation sites is 1. The fourth-order valence-electron chi connectivity index (χ4n) is 4.42. The van der Waals surface area contributed by atoms with Gasteiger partial charge in [-0.3, -0.25) is 9.59 Å². The van der Waals surface area contributed by atoms with Crippen LogP contribution in [0.3, 0.4) is 0 Å². The Labute approximate surface area is 198 Å². The zero-order valence-corrected chi connectivity index (χ0v) is 19.2. The van der Waals surface area contributed by atoms with Crippen molar-refractivity contribution in [1.82, 2.24) is 5.32 Å². The number of amides is 2. The Bertz CT molecular complexity index is 1150. The first-order chi connectivity index (χ1) is 16.5. The number of carbonyl (C=O) groups is 2. The number of methoxy groups -OCH3 is 2. The van der Waals surface area contributed by atoms with E-state index in [1.165, 1.54) is 12.1 Å². The van der Waals surface area contributed by atoms with Gasteiger partial charge in [-0.1, -0.05) is 30.3 Å². The summed E-state index contributed by atoms with van der Waals surface area (Å²) in [6.07, 6.45) is 0.627. The van der Waals surface area contributed by atoms with Crippen LogP contribution in [-0.4, -0.2) is 26.0 Å². The van der Waals surface area contributed by atoms with Gasteiger partial charge < -0.3 is 19.7 Å². The lowest BCUT2D eigenvalue weighted by molar-refractivity contribution is -0.129. The molecule has 3 aromatic carbocycles. The first kappa shape index (κ1) is 23.3. The largest absolute Gasteiger partial charge is 0.497 e. The highest BCUT2D eigenvalue weighted by Gasteiger charge is 2.41. The van der Waals surface area contributed by atoms with E-state index in [9.17, 15) is 14.0 Å². The van der Waals surface area contributed by atoms with Gasteiger partial charge in [0.1, 0.15) is 17.3 Å². The lowest BCUT2D eigenvalue weighted by Gasteiger charge is -2.41. The standard InChI is InChI=1S/C27H27FN2O4/c1-33-22-13-11-21(12-14-22)30-25(31)16-15-23(26(30)18-7-9-20(28)10-8-18)27(32)29-17-19-5-3-4-6-24(19)34-2/h3-14,23,26H,15-17H2,1-2H3,(H,29,32)/t23-,26-/m1/s1. The Morgan fingerprint density at radius 1 is 1.00 bits per heavy atom. The molecule has 1 fully saturated rings. The summed E-state index contributed by atoms with van der Waals surface area (Å²) in [7, 11) is 3.16. The molecule has 1 aliphatic rings. The van der Waals surface area contributed by atoms with Crippen molar-refractivity contribution in [2.24, 2.45) is 5.92 Å². The van der Waals surface area contributed by atoms with Gasteiger partial charge in [0.05, 0.1) is 26.2 Å². The molecule has 0 radical (unpaired) electrons. The number of hydrogen-bond acceptors (Lipinski definition) is 4. The average molecular weight is 463 g/mol. The summed E-state index contributed by atoms with van der Waals surface area (Å²) < 4.78 is 24.3. The van der Waals surface area contributed by atoms with Crippen LogP contribution in [0.25, 0.3) is 0 Å². The lowest BCUT2D eigenvalue weighted by Crippen LogP contribution is -2.48. The second kappa shape index (κ2) is 10.4. The Hall–Kier alpha value is -3.87. The number of ether oxygens (including phenoxy) is 2. The summed E-state index contributed by atoms with van der Waals surface area (Å²) in [4.78, 5) is 28.2. The molecule has 176 valence electrons. The van der Waals surface area contributed by atoms with Crippen LogP contribution in [0.1, 0.15) is 30.0 Å². The molecule has 0 bridgehead atoms. The maximum absolute atomic E-state index is 13.7. The van der Waals surface area contributed by atoms with E-state index in [4.69, 9.17) is 9.47 Å². The van der Waals surface area contributed by atoms with Crippen molar-refractivity contribution < 1.29 is 23.5 Å². The van der Waals surface area contributed by atoms with Crippen molar-refractivity contribution in [3.63, 3.8) is 0 Å². The summed E-state index contributed by atoms with van der Waals surface area (Å²) in [5.41, 5.74) is 2.21. The molecule has 4 rings (SSSR count). The van der Waals surface area contributed by atoms with E-state index >= 15 is 0 Å². The molecule has 34 heavy (non-hydrogen) atoms. The highest BCUT2D eigenvalue weighted by Crippen LogP contribution is 2.40. The molecule has 6 nitrogen and oxygen atoms in total. The van der Waals surface area contributed by atoms with Crippen LogP contribution >= 0.6 is 0 Å². The number of anilines is 1. The Kier molecular flexibility index (Phi) is 7.11. The average Bonchev–Trinajstić information content (AvgIpc) is 2.88. The van der Waals surface area contributed by atoms with Gasteiger partial charge in [0.2, 0.25) is 11.8 Å². The Morgan fingerprint density at radius 2 is 1.71 bits per heavy atom. The van der Waals surface area contributed by atoms with Gasteiger partial charge in [-0.2, -0.15) is 0 Å². The number of carbonyl (C=O) groups excluding carboxylic acids is 2. The maximum Gasteiger partial charge on any atom is 0.227 e. The predicted molar refractivity (Wildman–Crippen MR) is 127 cm³/mol. The fourth-order valence-corrected chi connectivity index (χ4v) is 4.42. The molecule has 0 saturated carbocycles. The van der Waals surface area contributed by atoms with Crippen LogP contribution < -0.4 is 19.7 Å². The van der Waals surface area contributed by atoms with Crippen molar-refractivity contribution in [3.05, 3.63) is 89.7 Å². The van der Waals surface area contributed by atoms with Crippen molar-refractivity contribution in [1.29, 1.82) is 0 Å². The van der Waals surface area contributed by atoms with Gasteiger partial charge in [0.25, 0.3) is 0 Å². The molecule has 0 aliphatic carbocycles. The summed E-state index contributed by atoms with van der Waals surface area (Å²) in [6, 6.07) is 20.0. The fraction of sp³-hybridized carbons (Fsp3) is 0.259. The molecule has 0 aromatic heterocycles. The first-order valence-electron chi connectivity index (χ1n) is 11.1. The highest BCUT2D eigenvalue weighted by atomic mass is 19.1. The second-order valence-corrected chi connectivity index (χ2v) is 8.13. The third-order valence-electron chi connectivity index (χ3n) is 6.14. The van der Waals surface area contributed by atoms with Gasteiger partial charge in [0.15, 0.2) is 0 Å². The van der Waals surface area contributed by atoms with Crippen LogP contribution in [0.2, 0.25) is 0 Å². The zero-order valence-electron chi connectivity index (χ0n) is 19.2. The van der Waals surface area contributed by atoms with Gasteiger partial charge in [0, 0.05) is 24.2 Å². The van der Waals surface area contributed by atoms with Gasteiger partial charge in [-0.15, -0.1) is 0 Å².